The van der Waals surface area contributed by atoms with Gasteiger partial charge in [-0.3, -0.25) is 4.79 Å². The molecule has 1 unspecified atom stereocenters. The number of carboxylic acid groups (broad SMARTS) is 1. The first-order valence-electron chi connectivity index (χ1n) is 6.70. The van der Waals surface area contributed by atoms with Crippen LogP contribution in [0.25, 0.3) is 0 Å². The van der Waals surface area contributed by atoms with E-state index in [1.165, 1.54) is 19.2 Å². The number of phenolic OH excluding ortho intramolecular Hbond substituents is 1. The van der Waals surface area contributed by atoms with E-state index >= 15 is 0 Å². The van der Waals surface area contributed by atoms with Crippen LogP contribution in [0, 0.1) is 0 Å². The molecule has 0 radical (unpaired) electrons. The van der Waals surface area contributed by atoms with Crippen LogP contribution in [0.4, 0.5) is 0 Å². The topological polar surface area (TPSA) is 83.8 Å². The van der Waals surface area contributed by atoms with Gasteiger partial charge in [0.25, 0.3) is 0 Å². The monoisotopic (exact) mass is 300 g/mol. The maximum atomic E-state index is 11.5. The molecule has 0 aromatic heterocycles. The summed E-state index contributed by atoms with van der Waals surface area (Å²) in [5, 5.41) is 18.9. The predicted molar refractivity (Wildman–Crippen MR) is 80.0 cm³/mol. The summed E-state index contributed by atoms with van der Waals surface area (Å²) in [5.74, 6) is -2.14. The SMILES string of the molecule is COC(=O)c1ccc(CC(C(=O)O)c2cccc(O)c2)cc1. The maximum absolute atomic E-state index is 11.5. The molecule has 0 saturated heterocycles. The minimum atomic E-state index is -0.970. The van der Waals surface area contributed by atoms with Crippen LogP contribution < -0.4 is 0 Å². The van der Waals surface area contributed by atoms with Crippen LogP contribution >= 0.6 is 0 Å². The molecular weight excluding hydrogens is 284 g/mol. The summed E-state index contributed by atoms with van der Waals surface area (Å²) in [7, 11) is 1.30. The molecule has 2 aromatic rings. The number of phenols is 1. The van der Waals surface area contributed by atoms with Crippen molar-refractivity contribution in [3.8, 4) is 5.75 Å². The van der Waals surface area contributed by atoms with Gasteiger partial charge in [-0.25, -0.2) is 4.79 Å². The lowest BCUT2D eigenvalue weighted by Crippen LogP contribution is -2.14. The van der Waals surface area contributed by atoms with E-state index in [1.54, 1.807) is 36.4 Å². The van der Waals surface area contributed by atoms with E-state index in [1.807, 2.05) is 0 Å². The van der Waals surface area contributed by atoms with Crippen molar-refractivity contribution < 1.29 is 24.5 Å². The van der Waals surface area contributed by atoms with Crippen LogP contribution in [0.2, 0.25) is 0 Å². The summed E-state index contributed by atoms with van der Waals surface area (Å²) >= 11 is 0. The third kappa shape index (κ3) is 3.63. The largest absolute Gasteiger partial charge is 0.508 e. The maximum Gasteiger partial charge on any atom is 0.337 e. The van der Waals surface area contributed by atoms with Gasteiger partial charge in [0, 0.05) is 0 Å². The molecule has 0 spiro atoms. The van der Waals surface area contributed by atoms with Crippen molar-refractivity contribution in [2.24, 2.45) is 0 Å². The molecule has 5 nitrogen and oxygen atoms in total. The lowest BCUT2D eigenvalue weighted by Gasteiger charge is -2.13. The smallest absolute Gasteiger partial charge is 0.337 e. The first kappa shape index (κ1) is 15.6. The predicted octanol–water partition coefficient (Wildman–Crippen LogP) is 2.59. The Labute approximate surface area is 127 Å². The molecule has 5 heteroatoms. The number of carbonyl (C=O) groups is 2. The molecule has 2 rings (SSSR count). The van der Waals surface area contributed by atoms with Gasteiger partial charge in [0.2, 0.25) is 0 Å². The zero-order valence-electron chi connectivity index (χ0n) is 12.0. The quantitative estimate of drug-likeness (QED) is 0.829. The summed E-state index contributed by atoms with van der Waals surface area (Å²) in [6.07, 6.45) is 0.264. The van der Waals surface area contributed by atoms with E-state index in [4.69, 9.17) is 0 Å². The second-order valence-corrected chi connectivity index (χ2v) is 4.88. The number of hydrogen-bond acceptors (Lipinski definition) is 4. The summed E-state index contributed by atoms with van der Waals surface area (Å²) in [4.78, 5) is 22.9. The Hall–Kier alpha value is -2.82. The van der Waals surface area contributed by atoms with Crippen molar-refractivity contribution in [1.29, 1.82) is 0 Å². The molecular formula is C17H16O5. The van der Waals surface area contributed by atoms with Crippen molar-refractivity contribution in [2.75, 3.05) is 7.11 Å². The number of aliphatic carboxylic acids is 1. The van der Waals surface area contributed by atoms with Crippen LogP contribution in [0.3, 0.4) is 0 Å². The fourth-order valence-electron chi connectivity index (χ4n) is 2.22. The molecule has 2 aromatic carbocycles. The van der Waals surface area contributed by atoms with Crippen molar-refractivity contribution in [2.45, 2.75) is 12.3 Å². The normalized spacial score (nSPS) is 11.7. The number of carbonyl (C=O) groups excluding carboxylic acids is 1. The molecule has 2 N–H and O–H groups in total. The van der Waals surface area contributed by atoms with E-state index in [2.05, 4.69) is 4.74 Å². The average Bonchev–Trinajstić information content (AvgIpc) is 2.52. The second-order valence-electron chi connectivity index (χ2n) is 4.88. The first-order chi connectivity index (χ1) is 10.5. The van der Waals surface area contributed by atoms with Gasteiger partial charge in [0.05, 0.1) is 18.6 Å². The van der Waals surface area contributed by atoms with Gasteiger partial charge in [-0.1, -0.05) is 24.3 Å². The van der Waals surface area contributed by atoms with Gasteiger partial charge >= 0.3 is 11.9 Å². The molecule has 0 aliphatic carbocycles. The standard InChI is InChI=1S/C17H16O5/c1-22-17(21)12-7-5-11(6-8-12)9-15(16(19)20)13-3-2-4-14(18)10-13/h2-8,10,15,18H,9H2,1H3,(H,19,20). The van der Waals surface area contributed by atoms with Gasteiger partial charge in [-0.2, -0.15) is 0 Å². The minimum absolute atomic E-state index is 0.0322. The van der Waals surface area contributed by atoms with Crippen molar-refractivity contribution >= 4 is 11.9 Å². The summed E-state index contributed by atoms with van der Waals surface area (Å²) < 4.78 is 4.62. The number of rotatable bonds is 5. The molecule has 0 aliphatic rings. The fourth-order valence-corrected chi connectivity index (χ4v) is 2.22. The molecule has 0 bridgehead atoms. The van der Waals surface area contributed by atoms with Crippen molar-refractivity contribution in [3.63, 3.8) is 0 Å². The first-order valence-corrected chi connectivity index (χ1v) is 6.70. The second kappa shape index (κ2) is 6.76. The Morgan fingerprint density at radius 2 is 1.82 bits per heavy atom. The van der Waals surface area contributed by atoms with E-state index < -0.39 is 17.9 Å². The average molecular weight is 300 g/mol. The van der Waals surface area contributed by atoms with E-state index in [-0.39, 0.29) is 12.2 Å². The molecule has 0 saturated carbocycles. The number of aromatic hydroxyl groups is 1. The highest BCUT2D eigenvalue weighted by Gasteiger charge is 2.21. The van der Waals surface area contributed by atoms with E-state index in [0.29, 0.717) is 11.1 Å². The van der Waals surface area contributed by atoms with Crippen molar-refractivity contribution in [1.82, 2.24) is 0 Å². The lowest BCUT2D eigenvalue weighted by molar-refractivity contribution is -0.138. The number of hydrogen-bond donors (Lipinski definition) is 2. The third-order valence-electron chi connectivity index (χ3n) is 3.39. The number of benzene rings is 2. The minimum Gasteiger partial charge on any atom is -0.508 e. The highest BCUT2D eigenvalue weighted by molar-refractivity contribution is 5.89. The Kier molecular flexibility index (Phi) is 4.78. The number of esters is 1. The van der Waals surface area contributed by atoms with Crippen LogP contribution in [0.15, 0.2) is 48.5 Å². The molecule has 0 heterocycles. The van der Waals surface area contributed by atoms with Crippen LogP contribution in [0.5, 0.6) is 5.75 Å². The molecule has 114 valence electrons. The Bertz CT molecular complexity index is 676. The Morgan fingerprint density at radius 3 is 2.36 bits per heavy atom. The summed E-state index contributed by atoms with van der Waals surface area (Å²) in [6, 6.07) is 12.8. The molecule has 0 aliphatic heterocycles. The van der Waals surface area contributed by atoms with Gasteiger partial charge in [0.1, 0.15) is 5.75 Å². The molecule has 0 fully saturated rings. The van der Waals surface area contributed by atoms with Crippen LogP contribution in [-0.4, -0.2) is 29.3 Å². The van der Waals surface area contributed by atoms with Gasteiger partial charge in [0.15, 0.2) is 0 Å². The summed E-state index contributed by atoms with van der Waals surface area (Å²) in [6.45, 7) is 0. The third-order valence-corrected chi connectivity index (χ3v) is 3.39. The Morgan fingerprint density at radius 1 is 1.14 bits per heavy atom. The van der Waals surface area contributed by atoms with Crippen molar-refractivity contribution in [3.05, 3.63) is 65.2 Å². The zero-order chi connectivity index (χ0) is 16.1. The van der Waals surface area contributed by atoms with Gasteiger partial charge in [-0.15, -0.1) is 0 Å². The van der Waals surface area contributed by atoms with Gasteiger partial charge < -0.3 is 14.9 Å². The number of methoxy groups -OCH3 is 1. The highest BCUT2D eigenvalue weighted by atomic mass is 16.5. The zero-order valence-corrected chi connectivity index (χ0v) is 12.0. The molecule has 22 heavy (non-hydrogen) atoms. The highest BCUT2D eigenvalue weighted by Crippen LogP contribution is 2.24. The van der Waals surface area contributed by atoms with E-state index in [9.17, 15) is 19.8 Å². The van der Waals surface area contributed by atoms with Gasteiger partial charge in [-0.05, 0) is 41.8 Å². The lowest BCUT2D eigenvalue weighted by atomic mass is 9.91. The number of carboxylic acids is 1. The number of ether oxygens (including phenoxy) is 1. The summed E-state index contributed by atoms with van der Waals surface area (Å²) in [5.41, 5.74) is 1.73. The van der Waals surface area contributed by atoms with Crippen LogP contribution in [0.1, 0.15) is 27.4 Å². The molecule has 1 atom stereocenters. The Balaban J connectivity index is 2.22. The van der Waals surface area contributed by atoms with Crippen LogP contribution in [-0.2, 0) is 16.0 Å². The fraction of sp³-hybridized carbons (Fsp3) is 0.176. The van der Waals surface area contributed by atoms with E-state index in [0.717, 1.165) is 5.56 Å². The molecule has 0 amide bonds.